The highest BCUT2D eigenvalue weighted by atomic mass is 35.5. The molecule has 0 saturated heterocycles. The number of amidine groups is 1. The van der Waals surface area contributed by atoms with Crippen molar-refractivity contribution in [2.24, 2.45) is 15.1 Å². The number of aliphatic imine (C=N–C) groups is 2. The lowest BCUT2D eigenvalue weighted by atomic mass is 10.2. The number of rotatable bonds is 3. The number of nitrogens with one attached hydrogen (secondary N) is 1. The molecule has 2 aliphatic rings. The zero-order valence-electron chi connectivity index (χ0n) is 11.8. The van der Waals surface area contributed by atoms with E-state index in [0.717, 1.165) is 0 Å². The number of primary sulfonamides is 1. The van der Waals surface area contributed by atoms with Gasteiger partial charge in [0.25, 0.3) is 5.91 Å². The molecule has 0 spiro atoms. The van der Waals surface area contributed by atoms with Crippen LogP contribution in [-0.4, -0.2) is 39.5 Å². The van der Waals surface area contributed by atoms with E-state index < -0.39 is 10.0 Å². The van der Waals surface area contributed by atoms with Crippen molar-refractivity contribution in [3.63, 3.8) is 0 Å². The third-order valence-electron chi connectivity index (χ3n) is 3.26. The number of nitrogens with two attached hydrogens (primary N) is 1. The molecule has 0 fully saturated rings. The van der Waals surface area contributed by atoms with Crippen molar-refractivity contribution >= 4 is 39.1 Å². The second-order valence-electron chi connectivity index (χ2n) is 4.72. The number of carbonyl (C=O) groups excluding carboxylic acids is 1. The molecule has 10 heteroatoms. The van der Waals surface area contributed by atoms with Gasteiger partial charge < -0.3 is 10.1 Å². The smallest absolute Gasteiger partial charge is 0.272 e. The van der Waals surface area contributed by atoms with Gasteiger partial charge in [-0.2, -0.15) is 0 Å². The van der Waals surface area contributed by atoms with Crippen molar-refractivity contribution in [1.29, 1.82) is 0 Å². The number of amides is 1. The molecule has 0 unspecified atom stereocenters. The lowest BCUT2D eigenvalue weighted by Gasteiger charge is -2.10. The summed E-state index contributed by atoms with van der Waals surface area (Å²) in [7, 11) is -2.64. The first-order valence-corrected chi connectivity index (χ1v) is 8.30. The molecule has 1 aromatic rings. The van der Waals surface area contributed by atoms with E-state index in [-0.39, 0.29) is 38.7 Å². The average Bonchev–Trinajstić information content (AvgIpc) is 2.91. The van der Waals surface area contributed by atoms with Gasteiger partial charge in [-0.05, 0) is 12.1 Å². The Bertz CT molecular complexity index is 918. The van der Waals surface area contributed by atoms with Gasteiger partial charge in [0.05, 0.1) is 23.4 Å². The average molecular weight is 355 g/mol. The topological polar surface area (TPSA) is 123 Å². The van der Waals surface area contributed by atoms with Gasteiger partial charge in [0.1, 0.15) is 10.6 Å². The van der Waals surface area contributed by atoms with Gasteiger partial charge in [0, 0.05) is 12.6 Å². The van der Waals surface area contributed by atoms with Crippen LogP contribution >= 0.6 is 11.6 Å². The van der Waals surface area contributed by atoms with Crippen molar-refractivity contribution in [3.05, 3.63) is 34.5 Å². The maximum absolute atomic E-state index is 11.8. The minimum Gasteiger partial charge on any atom is -0.496 e. The maximum Gasteiger partial charge on any atom is 0.272 e. The van der Waals surface area contributed by atoms with Crippen LogP contribution in [0, 0.1) is 0 Å². The fourth-order valence-electron chi connectivity index (χ4n) is 2.21. The van der Waals surface area contributed by atoms with Gasteiger partial charge in [-0.25, -0.2) is 23.5 Å². The van der Waals surface area contributed by atoms with Crippen LogP contribution in [0.3, 0.4) is 0 Å². The second kappa shape index (κ2) is 5.44. The molecule has 0 saturated carbocycles. The van der Waals surface area contributed by atoms with E-state index in [1.807, 2.05) is 0 Å². The second-order valence-corrected chi connectivity index (χ2v) is 6.66. The number of halogens is 1. The van der Waals surface area contributed by atoms with Crippen LogP contribution in [0.2, 0.25) is 5.02 Å². The number of carbonyl (C=O) groups is 1. The Labute approximate surface area is 136 Å². The molecule has 2 aliphatic heterocycles. The summed E-state index contributed by atoms with van der Waals surface area (Å²) in [5.41, 5.74) is 0.870. The standard InChI is InChI=1S/C13H11ClN4O4S/c1-22-9-5-7(14)10(23(15,20)21)4-6(9)12-17-8-2-3-16-13(19)11(8)18-12/h2,4-5H,3H2,1H3,(H,16,19)(H2,15,20,21). The summed E-state index contributed by atoms with van der Waals surface area (Å²) in [6, 6.07) is 2.55. The van der Waals surface area contributed by atoms with Crippen LogP contribution in [-0.2, 0) is 14.8 Å². The monoisotopic (exact) mass is 354 g/mol. The predicted octanol–water partition coefficient (Wildman–Crippen LogP) is 0.211. The van der Waals surface area contributed by atoms with Crippen LogP contribution < -0.4 is 15.2 Å². The molecule has 2 heterocycles. The number of hydrogen-bond acceptors (Lipinski definition) is 6. The van der Waals surface area contributed by atoms with E-state index in [2.05, 4.69) is 15.3 Å². The lowest BCUT2D eigenvalue weighted by molar-refractivity contribution is -0.114. The van der Waals surface area contributed by atoms with Gasteiger partial charge in [-0.1, -0.05) is 11.6 Å². The highest BCUT2D eigenvalue weighted by molar-refractivity contribution is 7.89. The largest absolute Gasteiger partial charge is 0.496 e. The maximum atomic E-state index is 11.8. The number of hydrogen-bond donors (Lipinski definition) is 2. The molecule has 0 bridgehead atoms. The van der Waals surface area contributed by atoms with Crippen molar-refractivity contribution in [3.8, 4) is 5.75 Å². The Balaban J connectivity index is 2.19. The number of fused-ring (bicyclic) bond motifs is 1. The molecule has 0 aliphatic carbocycles. The predicted molar refractivity (Wildman–Crippen MR) is 84.4 cm³/mol. The summed E-state index contributed by atoms with van der Waals surface area (Å²) in [6.07, 6.45) is 1.70. The Hall–Kier alpha value is -2.23. The zero-order valence-corrected chi connectivity index (χ0v) is 13.4. The van der Waals surface area contributed by atoms with Gasteiger partial charge >= 0.3 is 0 Å². The van der Waals surface area contributed by atoms with Crippen molar-refractivity contribution in [2.45, 2.75) is 4.90 Å². The third-order valence-corrected chi connectivity index (χ3v) is 4.64. The minimum atomic E-state index is -4.03. The van der Waals surface area contributed by atoms with Crippen molar-refractivity contribution in [2.75, 3.05) is 13.7 Å². The van der Waals surface area contributed by atoms with Gasteiger partial charge in [-0.3, -0.25) is 4.79 Å². The molecular weight excluding hydrogens is 344 g/mol. The Morgan fingerprint density at radius 1 is 1.35 bits per heavy atom. The number of benzene rings is 1. The summed E-state index contributed by atoms with van der Waals surface area (Å²) in [4.78, 5) is 19.9. The van der Waals surface area contributed by atoms with Crippen LogP contribution in [0.5, 0.6) is 5.75 Å². The normalized spacial score (nSPS) is 17.0. The third kappa shape index (κ3) is 2.74. The Morgan fingerprint density at radius 2 is 2.09 bits per heavy atom. The summed E-state index contributed by atoms with van der Waals surface area (Å²) in [5, 5.41) is 7.69. The highest BCUT2D eigenvalue weighted by Crippen LogP contribution is 2.32. The summed E-state index contributed by atoms with van der Waals surface area (Å²) < 4.78 is 28.4. The van der Waals surface area contributed by atoms with E-state index in [9.17, 15) is 13.2 Å². The molecule has 3 N–H and O–H groups in total. The lowest BCUT2D eigenvalue weighted by Crippen LogP contribution is -2.35. The summed E-state index contributed by atoms with van der Waals surface area (Å²) >= 11 is 5.93. The molecule has 3 rings (SSSR count). The Morgan fingerprint density at radius 3 is 2.70 bits per heavy atom. The van der Waals surface area contributed by atoms with Crippen LogP contribution in [0.1, 0.15) is 5.56 Å². The molecule has 8 nitrogen and oxygen atoms in total. The molecule has 120 valence electrons. The van der Waals surface area contributed by atoms with Gasteiger partial charge in [0.2, 0.25) is 10.0 Å². The molecule has 0 aromatic heterocycles. The fourth-order valence-corrected chi connectivity index (χ4v) is 3.30. The SMILES string of the molecule is COc1cc(Cl)c(S(N)(=O)=O)cc1C1=NC2=CCNC(=O)C2=N1. The van der Waals surface area contributed by atoms with Crippen LogP contribution in [0.15, 0.2) is 38.8 Å². The van der Waals surface area contributed by atoms with Crippen molar-refractivity contribution < 1.29 is 17.9 Å². The number of ether oxygens (including phenoxy) is 1. The first-order valence-electron chi connectivity index (χ1n) is 6.38. The van der Waals surface area contributed by atoms with Crippen LogP contribution in [0.25, 0.3) is 0 Å². The number of methoxy groups -OCH3 is 1. The molecule has 0 atom stereocenters. The summed E-state index contributed by atoms with van der Waals surface area (Å²) in [6.45, 7) is 0.351. The molecule has 1 amide bonds. The molecule has 23 heavy (non-hydrogen) atoms. The molecule has 0 radical (unpaired) electrons. The first kappa shape index (κ1) is 15.7. The van der Waals surface area contributed by atoms with E-state index in [4.69, 9.17) is 21.5 Å². The molecular formula is C13H11ClN4O4S. The quantitative estimate of drug-likeness (QED) is 0.805. The van der Waals surface area contributed by atoms with E-state index >= 15 is 0 Å². The van der Waals surface area contributed by atoms with E-state index in [1.165, 1.54) is 19.2 Å². The Kier molecular flexibility index (Phi) is 3.71. The van der Waals surface area contributed by atoms with E-state index in [0.29, 0.717) is 12.2 Å². The van der Waals surface area contributed by atoms with Gasteiger partial charge in [0.15, 0.2) is 11.5 Å². The molecule has 1 aromatic carbocycles. The van der Waals surface area contributed by atoms with E-state index in [1.54, 1.807) is 6.08 Å². The fraction of sp³-hybridized carbons (Fsp3) is 0.154. The summed E-state index contributed by atoms with van der Waals surface area (Å²) in [5.74, 6) is 0.0766. The minimum absolute atomic E-state index is 0.0753. The zero-order chi connectivity index (χ0) is 16.8. The number of sulfonamides is 1. The first-order chi connectivity index (χ1) is 10.8. The highest BCUT2D eigenvalue weighted by Gasteiger charge is 2.28. The number of nitrogens with zero attached hydrogens (tertiary/aromatic N) is 2. The van der Waals surface area contributed by atoms with Crippen LogP contribution in [0.4, 0.5) is 0 Å². The van der Waals surface area contributed by atoms with Crippen molar-refractivity contribution in [1.82, 2.24) is 5.32 Å². The van der Waals surface area contributed by atoms with Gasteiger partial charge in [-0.15, -0.1) is 0 Å².